The van der Waals surface area contributed by atoms with Gasteiger partial charge in [0.1, 0.15) is 0 Å². The molecular weight excluding hydrogens is 212 g/mol. The Bertz CT molecular complexity index is 449. The summed E-state index contributed by atoms with van der Waals surface area (Å²) < 4.78 is 4.97. The normalized spacial score (nSPS) is 33.9. The van der Waals surface area contributed by atoms with Crippen LogP contribution in [0.25, 0.3) is 0 Å². The van der Waals surface area contributed by atoms with Crippen molar-refractivity contribution in [1.82, 2.24) is 0 Å². The van der Waals surface area contributed by atoms with Crippen molar-refractivity contribution in [2.45, 2.75) is 12.3 Å². The summed E-state index contributed by atoms with van der Waals surface area (Å²) in [6.07, 6.45) is 5.55. The predicted molar refractivity (Wildman–Crippen MR) is 65.4 cm³/mol. The van der Waals surface area contributed by atoms with Gasteiger partial charge in [-0.05, 0) is 23.8 Å². The van der Waals surface area contributed by atoms with Gasteiger partial charge in [0, 0.05) is 5.92 Å². The molecule has 3 rings (SSSR count). The minimum Gasteiger partial charge on any atom is -0.469 e. The molecule has 2 nitrogen and oxygen atoms in total. The second kappa shape index (κ2) is 4.02. The molecule has 0 spiro atoms. The Morgan fingerprint density at radius 2 is 1.88 bits per heavy atom. The molecule has 1 saturated carbocycles. The molecule has 1 aromatic carbocycles. The van der Waals surface area contributed by atoms with E-state index >= 15 is 0 Å². The molecular formula is C15H16O2. The predicted octanol–water partition coefficient (Wildman–Crippen LogP) is 2.77. The number of methoxy groups -OCH3 is 1. The lowest BCUT2D eigenvalue weighted by molar-refractivity contribution is -0.146. The van der Waals surface area contributed by atoms with Gasteiger partial charge in [-0.15, -0.1) is 0 Å². The maximum Gasteiger partial charge on any atom is 0.309 e. The fourth-order valence-electron chi connectivity index (χ4n) is 3.41. The van der Waals surface area contributed by atoms with Crippen LogP contribution in [0.15, 0.2) is 42.5 Å². The Morgan fingerprint density at radius 1 is 1.18 bits per heavy atom. The van der Waals surface area contributed by atoms with Gasteiger partial charge in [0.25, 0.3) is 0 Å². The van der Waals surface area contributed by atoms with E-state index in [1.54, 1.807) is 0 Å². The molecule has 2 aliphatic carbocycles. The third kappa shape index (κ3) is 1.59. The number of benzene rings is 1. The van der Waals surface area contributed by atoms with Crippen LogP contribution < -0.4 is 0 Å². The fourth-order valence-corrected chi connectivity index (χ4v) is 3.41. The first kappa shape index (κ1) is 10.6. The Kier molecular flexibility index (Phi) is 2.50. The SMILES string of the molecule is COC(=O)[C@H]1C2C=CC(C2)C1c1ccccc1. The Hall–Kier alpha value is -1.57. The molecule has 0 heterocycles. The highest BCUT2D eigenvalue weighted by atomic mass is 16.5. The van der Waals surface area contributed by atoms with Crippen molar-refractivity contribution in [3.8, 4) is 0 Å². The average Bonchev–Trinajstić information content (AvgIpc) is 2.99. The second-order valence-corrected chi connectivity index (χ2v) is 4.93. The van der Waals surface area contributed by atoms with Crippen LogP contribution in [0.5, 0.6) is 0 Å². The molecule has 88 valence electrons. The zero-order chi connectivity index (χ0) is 11.8. The van der Waals surface area contributed by atoms with Crippen molar-refractivity contribution in [3.05, 3.63) is 48.0 Å². The fraction of sp³-hybridized carbons (Fsp3) is 0.400. The monoisotopic (exact) mass is 228 g/mol. The van der Waals surface area contributed by atoms with E-state index in [0.29, 0.717) is 17.8 Å². The minimum absolute atomic E-state index is 0.0115. The quantitative estimate of drug-likeness (QED) is 0.574. The summed E-state index contributed by atoms with van der Waals surface area (Å²) >= 11 is 0. The van der Waals surface area contributed by atoms with Crippen molar-refractivity contribution in [2.24, 2.45) is 17.8 Å². The number of hydrogen-bond acceptors (Lipinski definition) is 2. The number of carbonyl (C=O) groups is 1. The first-order valence-electron chi connectivity index (χ1n) is 6.12. The van der Waals surface area contributed by atoms with Crippen molar-refractivity contribution >= 4 is 5.97 Å². The summed E-state index contributed by atoms with van der Waals surface area (Å²) in [6, 6.07) is 10.3. The molecule has 4 atom stereocenters. The third-order valence-corrected chi connectivity index (χ3v) is 4.12. The molecule has 0 aromatic heterocycles. The zero-order valence-corrected chi connectivity index (χ0v) is 9.87. The number of esters is 1. The van der Waals surface area contributed by atoms with Crippen LogP contribution in [0.1, 0.15) is 17.9 Å². The number of fused-ring (bicyclic) bond motifs is 2. The van der Waals surface area contributed by atoms with Gasteiger partial charge < -0.3 is 4.74 Å². The smallest absolute Gasteiger partial charge is 0.309 e. The summed E-state index contributed by atoms with van der Waals surface area (Å²) in [5.74, 6) is 1.14. The van der Waals surface area contributed by atoms with Crippen LogP contribution in [0.3, 0.4) is 0 Å². The molecule has 2 bridgehead atoms. The molecule has 0 N–H and O–H groups in total. The highest BCUT2D eigenvalue weighted by Gasteiger charge is 2.49. The minimum atomic E-state index is -0.0595. The van der Waals surface area contributed by atoms with Gasteiger partial charge >= 0.3 is 5.97 Å². The van der Waals surface area contributed by atoms with E-state index in [2.05, 4.69) is 24.3 Å². The average molecular weight is 228 g/mol. The van der Waals surface area contributed by atoms with Crippen molar-refractivity contribution in [1.29, 1.82) is 0 Å². The van der Waals surface area contributed by atoms with Gasteiger partial charge in [0.05, 0.1) is 13.0 Å². The number of allylic oxidation sites excluding steroid dienone is 2. The van der Waals surface area contributed by atoms with Crippen LogP contribution >= 0.6 is 0 Å². The Labute approximate surface area is 101 Å². The van der Waals surface area contributed by atoms with Crippen molar-refractivity contribution < 1.29 is 9.53 Å². The van der Waals surface area contributed by atoms with Gasteiger partial charge in [0.2, 0.25) is 0 Å². The van der Waals surface area contributed by atoms with Crippen LogP contribution in [-0.4, -0.2) is 13.1 Å². The van der Waals surface area contributed by atoms with E-state index in [0.717, 1.165) is 6.42 Å². The number of carbonyl (C=O) groups excluding carboxylic acids is 1. The van der Waals surface area contributed by atoms with Crippen LogP contribution in [0.4, 0.5) is 0 Å². The molecule has 0 saturated heterocycles. The molecule has 2 heteroatoms. The van der Waals surface area contributed by atoms with Gasteiger partial charge in [-0.3, -0.25) is 4.79 Å². The molecule has 0 aliphatic heterocycles. The number of ether oxygens (including phenoxy) is 1. The van der Waals surface area contributed by atoms with Gasteiger partial charge in [-0.25, -0.2) is 0 Å². The number of rotatable bonds is 2. The van der Waals surface area contributed by atoms with Crippen LogP contribution in [-0.2, 0) is 9.53 Å². The van der Waals surface area contributed by atoms with E-state index in [1.165, 1.54) is 12.7 Å². The summed E-state index contributed by atoms with van der Waals surface area (Å²) in [5.41, 5.74) is 1.26. The molecule has 1 fully saturated rings. The zero-order valence-electron chi connectivity index (χ0n) is 9.87. The molecule has 2 aliphatic rings. The Morgan fingerprint density at radius 3 is 2.59 bits per heavy atom. The first-order chi connectivity index (χ1) is 8.31. The largest absolute Gasteiger partial charge is 0.469 e. The van der Waals surface area contributed by atoms with Crippen LogP contribution in [0, 0.1) is 17.8 Å². The first-order valence-corrected chi connectivity index (χ1v) is 6.12. The van der Waals surface area contributed by atoms with E-state index in [-0.39, 0.29) is 11.9 Å². The van der Waals surface area contributed by atoms with Crippen LogP contribution in [0.2, 0.25) is 0 Å². The highest BCUT2D eigenvalue weighted by Crippen LogP contribution is 2.53. The molecule has 17 heavy (non-hydrogen) atoms. The van der Waals surface area contributed by atoms with Crippen molar-refractivity contribution in [2.75, 3.05) is 7.11 Å². The summed E-state index contributed by atoms with van der Waals surface area (Å²) in [7, 11) is 1.49. The third-order valence-electron chi connectivity index (χ3n) is 4.12. The number of hydrogen-bond donors (Lipinski definition) is 0. The maximum atomic E-state index is 11.9. The summed E-state index contributed by atoms with van der Waals surface area (Å²) in [6.45, 7) is 0. The molecule has 0 radical (unpaired) electrons. The molecule has 3 unspecified atom stereocenters. The van der Waals surface area contributed by atoms with Gasteiger partial charge in [-0.2, -0.15) is 0 Å². The second-order valence-electron chi connectivity index (χ2n) is 4.93. The maximum absolute atomic E-state index is 11.9. The topological polar surface area (TPSA) is 26.3 Å². The summed E-state index contributed by atoms with van der Waals surface area (Å²) in [5, 5.41) is 0. The van der Waals surface area contributed by atoms with Gasteiger partial charge in [-0.1, -0.05) is 42.5 Å². The van der Waals surface area contributed by atoms with E-state index < -0.39 is 0 Å². The van der Waals surface area contributed by atoms with E-state index in [4.69, 9.17) is 4.74 Å². The van der Waals surface area contributed by atoms with Crippen molar-refractivity contribution in [3.63, 3.8) is 0 Å². The molecule has 1 aromatic rings. The van der Waals surface area contributed by atoms with E-state index in [9.17, 15) is 4.79 Å². The molecule has 0 amide bonds. The lowest BCUT2D eigenvalue weighted by Gasteiger charge is -2.26. The highest BCUT2D eigenvalue weighted by molar-refractivity contribution is 5.75. The van der Waals surface area contributed by atoms with Gasteiger partial charge in [0.15, 0.2) is 0 Å². The lowest BCUT2D eigenvalue weighted by atomic mass is 9.78. The standard InChI is InChI=1S/C15H16O2/c1-17-15(16)14-12-8-7-11(9-12)13(14)10-5-3-2-4-6-10/h2-8,11-14H,9H2,1H3/t11?,12?,13?,14-/m0/s1. The lowest BCUT2D eigenvalue weighted by Crippen LogP contribution is -2.27. The summed E-state index contributed by atoms with van der Waals surface area (Å²) in [4.78, 5) is 11.9. The Balaban J connectivity index is 1.97. The van der Waals surface area contributed by atoms with E-state index in [1.807, 2.05) is 18.2 Å².